The Kier molecular flexibility index (Phi) is 2.44. The summed E-state index contributed by atoms with van der Waals surface area (Å²) in [6, 6.07) is 15.1. The van der Waals surface area contributed by atoms with Gasteiger partial charge >= 0.3 is 0 Å². The highest BCUT2D eigenvalue weighted by atomic mass is 32.1. The minimum atomic E-state index is 1.04. The lowest BCUT2D eigenvalue weighted by Crippen LogP contribution is -1.79. The maximum absolute atomic E-state index is 4.76. The number of hydrogen-bond acceptors (Lipinski definition) is 2. The van der Waals surface area contributed by atoms with E-state index < -0.39 is 0 Å². The van der Waals surface area contributed by atoms with Gasteiger partial charge in [0.15, 0.2) is 4.96 Å². The molecule has 0 spiro atoms. The van der Waals surface area contributed by atoms with Gasteiger partial charge in [-0.25, -0.2) is 4.98 Å². The van der Waals surface area contributed by atoms with Crippen molar-refractivity contribution in [3.05, 3.63) is 59.8 Å². The monoisotopic (exact) mass is 278 g/mol. The minimum Gasteiger partial charge on any atom is -0.290 e. The number of imidazole rings is 1. The highest BCUT2D eigenvalue weighted by molar-refractivity contribution is 7.23. The second-order valence-corrected chi connectivity index (χ2v) is 6.23. The SMILES string of the molecule is Cc1ccc(-c2cn3c(n2)sc2cc(C)ccc23)cc1. The molecule has 0 atom stereocenters. The predicted molar refractivity (Wildman–Crippen MR) is 85.5 cm³/mol. The summed E-state index contributed by atoms with van der Waals surface area (Å²) in [7, 11) is 0. The second-order valence-electron chi connectivity index (χ2n) is 5.22. The Bertz CT molecular complexity index is 913. The summed E-state index contributed by atoms with van der Waals surface area (Å²) in [6.07, 6.45) is 2.13. The van der Waals surface area contributed by atoms with Gasteiger partial charge in [-0.3, -0.25) is 4.40 Å². The molecule has 4 aromatic rings. The lowest BCUT2D eigenvalue weighted by atomic mass is 10.1. The zero-order chi connectivity index (χ0) is 13.7. The van der Waals surface area contributed by atoms with E-state index in [2.05, 4.69) is 66.9 Å². The molecular weight excluding hydrogens is 264 g/mol. The summed E-state index contributed by atoms with van der Waals surface area (Å²) in [5, 5.41) is 0. The van der Waals surface area contributed by atoms with Crippen molar-refractivity contribution < 1.29 is 0 Å². The molecule has 3 heteroatoms. The van der Waals surface area contributed by atoms with Crippen molar-refractivity contribution in [1.29, 1.82) is 0 Å². The summed E-state index contributed by atoms with van der Waals surface area (Å²) in [6.45, 7) is 4.23. The summed E-state index contributed by atoms with van der Waals surface area (Å²) in [4.78, 5) is 5.82. The highest BCUT2D eigenvalue weighted by Crippen LogP contribution is 2.30. The van der Waals surface area contributed by atoms with E-state index in [-0.39, 0.29) is 0 Å². The van der Waals surface area contributed by atoms with Crippen LogP contribution in [-0.4, -0.2) is 9.38 Å². The van der Waals surface area contributed by atoms with Crippen LogP contribution >= 0.6 is 11.3 Å². The fraction of sp³-hybridized carbons (Fsp3) is 0.118. The molecule has 4 rings (SSSR count). The van der Waals surface area contributed by atoms with Gasteiger partial charge in [0.25, 0.3) is 0 Å². The number of hydrogen-bond donors (Lipinski definition) is 0. The molecule has 0 radical (unpaired) electrons. The lowest BCUT2D eigenvalue weighted by molar-refractivity contribution is 1.29. The van der Waals surface area contributed by atoms with E-state index in [1.54, 1.807) is 11.3 Å². The number of aryl methyl sites for hydroxylation is 2. The van der Waals surface area contributed by atoms with E-state index in [0.717, 1.165) is 10.7 Å². The van der Waals surface area contributed by atoms with Crippen LogP contribution in [0.4, 0.5) is 0 Å². The van der Waals surface area contributed by atoms with Gasteiger partial charge in [0, 0.05) is 11.8 Å². The zero-order valence-corrected chi connectivity index (χ0v) is 12.2. The molecule has 20 heavy (non-hydrogen) atoms. The number of benzene rings is 2. The summed E-state index contributed by atoms with van der Waals surface area (Å²) < 4.78 is 3.48. The molecule has 0 fully saturated rings. The quantitative estimate of drug-likeness (QED) is 0.487. The Labute approximate surface area is 121 Å². The van der Waals surface area contributed by atoms with Crippen LogP contribution < -0.4 is 0 Å². The molecule has 0 N–H and O–H groups in total. The number of rotatable bonds is 1. The van der Waals surface area contributed by atoms with Crippen molar-refractivity contribution in [2.45, 2.75) is 13.8 Å². The van der Waals surface area contributed by atoms with Crippen molar-refractivity contribution in [1.82, 2.24) is 9.38 Å². The first kappa shape index (κ1) is 11.7. The van der Waals surface area contributed by atoms with Gasteiger partial charge < -0.3 is 0 Å². The Morgan fingerprint density at radius 3 is 2.50 bits per heavy atom. The van der Waals surface area contributed by atoms with Gasteiger partial charge in [0.05, 0.1) is 15.9 Å². The molecule has 0 saturated heterocycles. The van der Waals surface area contributed by atoms with Gasteiger partial charge in [0.1, 0.15) is 0 Å². The number of nitrogens with zero attached hydrogens (tertiary/aromatic N) is 2. The van der Waals surface area contributed by atoms with Crippen LogP contribution in [0.1, 0.15) is 11.1 Å². The van der Waals surface area contributed by atoms with E-state index in [1.807, 2.05) is 0 Å². The lowest BCUT2D eigenvalue weighted by Gasteiger charge is -1.97. The molecule has 98 valence electrons. The van der Waals surface area contributed by atoms with Gasteiger partial charge in [-0.05, 0) is 31.5 Å². The first-order valence-electron chi connectivity index (χ1n) is 6.66. The van der Waals surface area contributed by atoms with Crippen LogP contribution in [0.5, 0.6) is 0 Å². The second kappa shape index (κ2) is 4.18. The van der Waals surface area contributed by atoms with Crippen LogP contribution in [0.25, 0.3) is 26.4 Å². The van der Waals surface area contributed by atoms with Crippen LogP contribution in [0.15, 0.2) is 48.7 Å². The van der Waals surface area contributed by atoms with Gasteiger partial charge in [-0.15, -0.1) is 0 Å². The maximum atomic E-state index is 4.76. The van der Waals surface area contributed by atoms with E-state index in [1.165, 1.54) is 26.9 Å². The van der Waals surface area contributed by atoms with E-state index in [4.69, 9.17) is 4.98 Å². The fourth-order valence-electron chi connectivity index (χ4n) is 2.47. The molecule has 0 saturated carbocycles. The Morgan fingerprint density at radius 2 is 1.70 bits per heavy atom. The Balaban J connectivity index is 1.93. The topological polar surface area (TPSA) is 17.3 Å². The molecule has 0 unspecified atom stereocenters. The van der Waals surface area contributed by atoms with Crippen LogP contribution in [0, 0.1) is 13.8 Å². The van der Waals surface area contributed by atoms with E-state index in [0.29, 0.717) is 0 Å². The summed E-state index contributed by atoms with van der Waals surface area (Å²) in [5.41, 5.74) is 6.02. The highest BCUT2D eigenvalue weighted by Gasteiger charge is 2.09. The molecular formula is C17H14N2S. The molecule has 0 amide bonds. The molecule has 2 heterocycles. The number of aromatic nitrogens is 2. The summed E-state index contributed by atoms with van der Waals surface area (Å²) >= 11 is 1.75. The molecule has 0 aliphatic rings. The van der Waals surface area contributed by atoms with Gasteiger partial charge in [-0.1, -0.05) is 47.2 Å². The maximum Gasteiger partial charge on any atom is 0.195 e. The third-order valence-electron chi connectivity index (χ3n) is 3.60. The standard InChI is InChI=1S/C17H14N2S/c1-11-3-6-13(7-4-11)14-10-19-15-8-5-12(2)9-16(15)20-17(19)18-14/h3-10H,1-2H3. The van der Waals surface area contributed by atoms with Crippen molar-refractivity contribution in [2.24, 2.45) is 0 Å². The van der Waals surface area contributed by atoms with Gasteiger partial charge in [0.2, 0.25) is 0 Å². The number of fused-ring (bicyclic) bond motifs is 3. The average molecular weight is 278 g/mol. The minimum absolute atomic E-state index is 1.04. The third kappa shape index (κ3) is 1.74. The van der Waals surface area contributed by atoms with Crippen molar-refractivity contribution in [2.75, 3.05) is 0 Å². The Hall–Kier alpha value is -2.13. The molecule has 2 aromatic heterocycles. The van der Waals surface area contributed by atoms with Crippen molar-refractivity contribution in [3.8, 4) is 11.3 Å². The first-order chi connectivity index (χ1) is 9.70. The van der Waals surface area contributed by atoms with Crippen LogP contribution in [0.2, 0.25) is 0 Å². The largest absolute Gasteiger partial charge is 0.290 e. The zero-order valence-electron chi connectivity index (χ0n) is 11.4. The smallest absolute Gasteiger partial charge is 0.195 e. The van der Waals surface area contributed by atoms with Crippen LogP contribution in [0.3, 0.4) is 0 Å². The fourth-order valence-corrected chi connectivity index (χ4v) is 3.58. The predicted octanol–water partition coefficient (Wildman–Crippen LogP) is 4.83. The number of thiazole rings is 1. The van der Waals surface area contributed by atoms with E-state index in [9.17, 15) is 0 Å². The normalized spacial score (nSPS) is 11.5. The van der Waals surface area contributed by atoms with Gasteiger partial charge in [-0.2, -0.15) is 0 Å². The average Bonchev–Trinajstić information content (AvgIpc) is 2.96. The third-order valence-corrected chi connectivity index (χ3v) is 4.61. The Morgan fingerprint density at radius 1 is 0.950 bits per heavy atom. The van der Waals surface area contributed by atoms with Crippen LogP contribution in [-0.2, 0) is 0 Å². The molecule has 0 aliphatic heterocycles. The van der Waals surface area contributed by atoms with Crippen molar-refractivity contribution in [3.63, 3.8) is 0 Å². The van der Waals surface area contributed by atoms with Crippen molar-refractivity contribution >= 4 is 26.5 Å². The first-order valence-corrected chi connectivity index (χ1v) is 7.48. The molecule has 2 nitrogen and oxygen atoms in total. The molecule has 0 aliphatic carbocycles. The molecule has 2 aromatic carbocycles. The summed E-state index contributed by atoms with van der Waals surface area (Å²) in [5.74, 6) is 0. The van der Waals surface area contributed by atoms with E-state index >= 15 is 0 Å². The molecule has 0 bridgehead atoms.